The molecule has 1 aromatic carbocycles. The van der Waals surface area contributed by atoms with E-state index in [1.165, 1.54) is 0 Å². The standard InChI is InChI=1S/C19H22N4O/c1-3-10-23(11-4-2)18-13-16(8-9-21-18)19(24)22-17-7-5-6-15(12-17)14-20/h5-9,12-13H,3-4,10-11H2,1-2H3,(H,22,24). The fraction of sp³-hybridized carbons (Fsp3) is 0.316. The fourth-order valence-electron chi connectivity index (χ4n) is 2.48. The first-order valence-corrected chi connectivity index (χ1v) is 8.20. The van der Waals surface area contributed by atoms with Crippen LogP contribution in [0.3, 0.4) is 0 Å². The first-order valence-electron chi connectivity index (χ1n) is 8.20. The number of hydrogen-bond donors (Lipinski definition) is 1. The van der Waals surface area contributed by atoms with E-state index >= 15 is 0 Å². The van der Waals surface area contributed by atoms with Crippen LogP contribution in [0, 0.1) is 11.3 Å². The molecule has 0 aliphatic carbocycles. The Labute approximate surface area is 142 Å². The lowest BCUT2D eigenvalue weighted by Gasteiger charge is -2.22. The summed E-state index contributed by atoms with van der Waals surface area (Å²) >= 11 is 0. The van der Waals surface area contributed by atoms with Gasteiger partial charge in [-0.15, -0.1) is 0 Å². The van der Waals surface area contributed by atoms with Crippen molar-refractivity contribution in [2.24, 2.45) is 0 Å². The summed E-state index contributed by atoms with van der Waals surface area (Å²) < 4.78 is 0. The highest BCUT2D eigenvalue weighted by atomic mass is 16.1. The number of nitrogens with one attached hydrogen (secondary N) is 1. The van der Waals surface area contributed by atoms with Crippen molar-refractivity contribution in [3.05, 3.63) is 53.7 Å². The maximum Gasteiger partial charge on any atom is 0.255 e. The molecule has 124 valence electrons. The van der Waals surface area contributed by atoms with E-state index in [1.54, 1.807) is 36.5 Å². The van der Waals surface area contributed by atoms with Crippen molar-refractivity contribution in [3.63, 3.8) is 0 Å². The Kier molecular flexibility index (Phi) is 6.32. The van der Waals surface area contributed by atoms with Crippen LogP contribution in [0.1, 0.15) is 42.6 Å². The summed E-state index contributed by atoms with van der Waals surface area (Å²) in [6.45, 7) is 6.08. The van der Waals surface area contributed by atoms with Crippen molar-refractivity contribution >= 4 is 17.4 Å². The molecule has 1 aromatic heterocycles. The molecule has 0 aliphatic rings. The second-order valence-corrected chi connectivity index (χ2v) is 5.54. The Hall–Kier alpha value is -2.87. The Morgan fingerprint density at radius 3 is 2.62 bits per heavy atom. The number of carbonyl (C=O) groups is 1. The number of amides is 1. The van der Waals surface area contributed by atoms with Crippen LogP contribution < -0.4 is 10.2 Å². The second-order valence-electron chi connectivity index (χ2n) is 5.54. The summed E-state index contributed by atoms with van der Waals surface area (Å²) in [5, 5.41) is 11.8. The van der Waals surface area contributed by atoms with Crippen LogP contribution in [0.5, 0.6) is 0 Å². The Morgan fingerprint density at radius 1 is 1.21 bits per heavy atom. The molecule has 1 amide bonds. The number of nitriles is 1. The van der Waals surface area contributed by atoms with E-state index < -0.39 is 0 Å². The Morgan fingerprint density at radius 2 is 1.96 bits per heavy atom. The van der Waals surface area contributed by atoms with E-state index in [9.17, 15) is 4.79 Å². The second kappa shape index (κ2) is 8.68. The van der Waals surface area contributed by atoms with Crippen molar-refractivity contribution in [2.75, 3.05) is 23.3 Å². The minimum Gasteiger partial charge on any atom is -0.357 e. The molecule has 0 saturated heterocycles. The molecule has 0 bridgehead atoms. The molecule has 5 nitrogen and oxygen atoms in total. The summed E-state index contributed by atoms with van der Waals surface area (Å²) in [5.74, 6) is 0.610. The molecule has 1 N–H and O–H groups in total. The van der Waals surface area contributed by atoms with Crippen LogP contribution in [0.2, 0.25) is 0 Å². The number of aromatic nitrogens is 1. The van der Waals surface area contributed by atoms with Crippen LogP contribution in [-0.4, -0.2) is 24.0 Å². The molecule has 1 heterocycles. The SMILES string of the molecule is CCCN(CCC)c1cc(C(=O)Nc2cccc(C#N)c2)ccn1. The van der Waals surface area contributed by atoms with Crippen LogP contribution in [0.4, 0.5) is 11.5 Å². The topological polar surface area (TPSA) is 69.0 Å². The highest BCUT2D eigenvalue weighted by Crippen LogP contribution is 2.16. The fourth-order valence-corrected chi connectivity index (χ4v) is 2.48. The molecule has 24 heavy (non-hydrogen) atoms. The highest BCUT2D eigenvalue weighted by Gasteiger charge is 2.11. The summed E-state index contributed by atoms with van der Waals surface area (Å²) in [6.07, 6.45) is 3.71. The van der Waals surface area contributed by atoms with E-state index in [0.29, 0.717) is 16.8 Å². The first-order chi connectivity index (χ1) is 11.7. The minimum absolute atomic E-state index is 0.207. The van der Waals surface area contributed by atoms with Gasteiger partial charge in [-0.05, 0) is 43.2 Å². The quantitative estimate of drug-likeness (QED) is 0.841. The van der Waals surface area contributed by atoms with Gasteiger partial charge in [0.1, 0.15) is 5.82 Å². The van der Waals surface area contributed by atoms with Crippen molar-refractivity contribution in [1.82, 2.24) is 4.98 Å². The highest BCUT2D eigenvalue weighted by molar-refractivity contribution is 6.04. The van der Waals surface area contributed by atoms with E-state index in [2.05, 4.69) is 35.1 Å². The molecule has 0 spiro atoms. The zero-order valence-electron chi connectivity index (χ0n) is 14.1. The van der Waals surface area contributed by atoms with Gasteiger partial charge >= 0.3 is 0 Å². The molecule has 0 atom stereocenters. The van der Waals surface area contributed by atoms with Crippen LogP contribution in [-0.2, 0) is 0 Å². The number of carbonyl (C=O) groups excluding carboxylic acids is 1. The van der Waals surface area contributed by atoms with Crippen molar-refractivity contribution < 1.29 is 4.79 Å². The van der Waals surface area contributed by atoms with E-state index in [4.69, 9.17) is 5.26 Å². The molecule has 5 heteroatoms. The number of hydrogen-bond acceptors (Lipinski definition) is 4. The van der Waals surface area contributed by atoms with Crippen molar-refractivity contribution in [2.45, 2.75) is 26.7 Å². The van der Waals surface area contributed by atoms with Crippen LogP contribution in [0.15, 0.2) is 42.6 Å². The lowest BCUT2D eigenvalue weighted by atomic mass is 10.2. The third-order valence-corrected chi connectivity index (χ3v) is 3.57. The minimum atomic E-state index is -0.207. The molecule has 0 radical (unpaired) electrons. The average molecular weight is 322 g/mol. The van der Waals surface area contributed by atoms with Gasteiger partial charge in [-0.2, -0.15) is 5.26 Å². The van der Waals surface area contributed by atoms with E-state index in [0.717, 1.165) is 31.7 Å². The number of rotatable bonds is 7. The molecule has 0 aliphatic heterocycles. The molecule has 2 rings (SSSR count). The van der Waals surface area contributed by atoms with Crippen LogP contribution in [0.25, 0.3) is 0 Å². The Bertz CT molecular complexity index is 730. The summed E-state index contributed by atoms with van der Waals surface area (Å²) in [5.41, 5.74) is 1.68. The smallest absolute Gasteiger partial charge is 0.255 e. The number of pyridine rings is 1. The summed E-state index contributed by atoms with van der Waals surface area (Å²) in [6, 6.07) is 12.4. The third kappa shape index (κ3) is 4.56. The monoisotopic (exact) mass is 322 g/mol. The van der Waals surface area contributed by atoms with Gasteiger partial charge in [0, 0.05) is 30.5 Å². The van der Waals surface area contributed by atoms with E-state index in [1.807, 2.05) is 6.07 Å². The number of benzene rings is 1. The maximum absolute atomic E-state index is 12.5. The number of nitrogens with zero attached hydrogens (tertiary/aromatic N) is 3. The summed E-state index contributed by atoms with van der Waals surface area (Å²) in [4.78, 5) is 19.0. The lowest BCUT2D eigenvalue weighted by molar-refractivity contribution is 0.102. The normalized spacial score (nSPS) is 10.0. The maximum atomic E-state index is 12.5. The van der Waals surface area contributed by atoms with Gasteiger partial charge in [-0.3, -0.25) is 4.79 Å². The van der Waals surface area contributed by atoms with E-state index in [-0.39, 0.29) is 5.91 Å². The van der Waals surface area contributed by atoms with Gasteiger partial charge in [0.15, 0.2) is 0 Å². The third-order valence-electron chi connectivity index (χ3n) is 3.57. The molecular formula is C19H22N4O. The van der Waals surface area contributed by atoms with Crippen molar-refractivity contribution in [3.8, 4) is 6.07 Å². The molecular weight excluding hydrogens is 300 g/mol. The summed E-state index contributed by atoms with van der Waals surface area (Å²) in [7, 11) is 0. The van der Waals surface area contributed by atoms with Crippen molar-refractivity contribution in [1.29, 1.82) is 5.26 Å². The zero-order chi connectivity index (χ0) is 17.4. The number of anilines is 2. The molecule has 0 saturated carbocycles. The predicted molar refractivity (Wildman–Crippen MR) is 96.1 cm³/mol. The van der Waals surface area contributed by atoms with Gasteiger partial charge in [-0.1, -0.05) is 19.9 Å². The van der Waals surface area contributed by atoms with Gasteiger partial charge in [0.2, 0.25) is 0 Å². The predicted octanol–water partition coefficient (Wildman–Crippen LogP) is 3.83. The van der Waals surface area contributed by atoms with Gasteiger partial charge in [0.05, 0.1) is 11.6 Å². The molecule has 2 aromatic rings. The lowest BCUT2D eigenvalue weighted by Crippen LogP contribution is -2.26. The molecule has 0 unspecified atom stereocenters. The molecule has 0 fully saturated rings. The largest absolute Gasteiger partial charge is 0.357 e. The average Bonchev–Trinajstić information content (AvgIpc) is 2.62. The van der Waals surface area contributed by atoms with Crippen LogP contribution >= 0.6 is 0 Å². The first kappa shape index (κ1) is 17.5. The Balaban J connectivity index is 2.17. The van der Waals surface area contributed by atoms with Gasteiger partial charge < -0.3 is 10.2 Å². The zero-order valence-corrected chi connectivity index (χ0v) is 14.1. The van der Waals surface area contributed by atoms with Gasteiger partial charge in [-0.25, -0.2) is 4.98 Å². The van der Waals surface area contributed by atoms with Gasteiger partial charge in [0.25, 0.3) is 5.91 Å².